The van der Waals surface area contributed by atoms with Crippen molar-refractivity contribution >= 4 is 40.5 Å². The number of ether oxygens (including phenoxy) is 3. The van der Waals surface area contributed by atoms with Crippen molar-refractivity contribution in [2.75, 3.05) is 82.8 Å². The Morgan fingerprint density at radius 1 is 1.17 bits per heavy atom. The third-order valence-corrected chi connectivity index (χ3v) is 5.94. The second-order valence-electron chi connectivity index (χ2n) is 9.18. The lowest BCUT2D eigenvalue weighted by molar-refractivity contribution is -0.852. The number of aliphatic hydroxyl groups is 1. The molecule has 230 valence electrons. The van der Waals surface area contributed by atoms with Crippen molar-refractivity contribution < 1.29 is 42.2 Å². The van der Waals surface area contributed by atoms with Crippen molar-refractivity contribution in [1.82, 2.24) is 15.3 Å². The fourth-order valence-electron chi connectivity index (χ4n) is 4.04. The Balaban J connectivity index is 0.00000108. The molecule has 0 spiro atoms. The number of methoxy groups -OCH3 is 1. The number of nitrogens with one attached hydrogen (secondary N) is 2. The van der Waals surface area contributed by atoms with Crippen LogP contribution < -0.4 is 31.3 Å². The van der Waals surface area contributed by atoms with E-state index < -0.39 is 18.5 Å². The number of benzene rings is 1. The highest BCUT2D eigenvalue weighted by atomic mass is 35.5. The van der Waals surface area contributed by atoms with Gasteiger partial charge in [-0.15, -0.1) is 0 Å². The molecule has 0 radical (unpaired) electrons. The van der Waals surface area contributed by atoms with Crippen LogP contribution in [0.5, 0.6) is 5.75 Å². The monoisotopic (exact) mass is 608 g/mol. The summed E-state index contributed by atoms with van der Waals surface area (Å²) in [4.78, 5) is 23.5. The van der Waals surface area contributed by atoms with Crippen LogP contribution in [0.4, 0.5) is 36.2 Å². The van der Waals surface area contributed by atoms with E-state index in [9.17, 15) is 18.0 Å². The second kappa shape index (κ2) is 16.4. The van der Waals surface area contributed by atoms with Crippen LogP contribution in [-0.4, -0.2) is 99.5 Å². The number of nitrogens with two attached hydrogens (primary N) is 2. The molecule has 3 rings (SSSR count). The number of nitrogen functional groups attached to an aromatic ring is 2. The number of amides is 1. The first-order chi connectivity index (χ1) is 19.4. The smallest absolute Gasteiger partial charge is 0.274 e. The summed E-state index contributed by atoms with van der Waals surface area (Å²) in [6.45, 7) is 3.27. The number of carbonyl (C=O) groups excluding carboxylic acids is 1. The van der Waals surface area contributed by atoms with Gasteiger partial charge in [0.15, 0.2) is 34.3 Å². The van der Waals surface area contributed by atoms with Crippen molar-refractivity contribution in [2.24, 2.45) is 0 Å². The second-order valence-corrected chi connectivity index (χ2v) is 9.53. The maximum Gasteiger partial charge on any atom is 0.274 e. The summed E-state index contributed by atoms with van der Waals surface area (Å²) in [5.74, 6) is -2.65. The van der Waals surface area contributed by atoms with Gasteiger partial charge in [-0.2, -0.15) is 0 Å². The molecule has 1 aliphatic rings. The number of aliphatic hydroxyl groups excluding tert-OH is 1. The van der Waals surface area contributed by atoms with Crippen molar-refractivity contribution in [1.29, 1.82) is 0 Å². The average Bonchev–Trinajstić information content (AvgIpc) is 3.19. The molecule has 16 heteroatoms. The molecule has 2 aromatic rings. The number of hydrogen-bond acceptors (Lipinski definition) is 10. The molecule has 0 bridgehead atoms. The minimum atomic E-state index is -2.50. The minimum Gasteiger partial charge on any atom is -0.497 e. The highest BCUT2D eigenvalue weighted by molar-refractivity contribution is 6.31. The standard InChI is InChI=1S/C22H31ClFN7O5.C3H6F2/c1-34-14-2-3-15-16(12-14)30(5-4-24)17(31(15)6-8-35-10-11-36-9-7-32)13-27-22(33)18-20(25)29-21(26)19(23)28-18;1-3(2,4)5/h2-3,12,17,32H,4-11,13H2,1H3,(H,27,33)(H4,25,26,29);1-2H3/p+1. The van der Waals surface area contributed by atoms with Crippen molar-refractivity contribution in [3.63, 3.8) is 0 Å². The number of halogens is 4. The minimum absolute atomic E-state index is 0.0459. The van der Waals surface area contributed by atoms with Crippen molar-refractivity contribution in [3.8, 4) is 5.75 Å². The summed E-state index contributed by atoms with van der Waals surface area (Å²) < 4.78 is 51.9. The predicted octanol–water partition coefficient (Wildman–Crippen LogP) is 1.05. The van der Waals surface area contributed by atoms with Gasteiger partial charge in [-0.1, -0.05) is 11.6 Å². The zero-order chi connectivity index (χ0) is 30.6. The van der Waals surface area contributed by atoms with E-state index in [-0.39, 0.29) is 55.0 Å². The maximum atomic E-state index is 13.6. The molecule has 1 aromatic carbocycles. The number of carbonyl (C=O) groups is 1. The fourth-order valence-corrected chi connectivity index (χ4v) is 4.16. The molecule has 12 nitrogen and oxygen atoms in total. The van der Waals surface area contributed by atoms with Crippen LogP contribution in [0.15, 0.2) is 18.2 Å². The summed E-state index contributed by atoms with van der Waals surface area (Å²) >= 11 is 5.91. The molecular formula is C25H38ClF3N7O5+. The van der Waals surface area contributed by atoms with Crippen LogP contribution >= 0.6 is 11.6 Å². The van der Waals surface area contributed by atoms with Crippen LogP contribution in [0.1, 0.15) is 24.3 Å². The Morgan fingerprint density at radius 3 is 2.44 bits per heavy atom. The number of nitrogens with zero attached hydrogens (tertiary/aromatic N) is 3. The normalized spacial score (nSPS) is 16.1. The van der Waals surface area contributed by atoms with Gasteiger partial charge in [-0.3, -0.25) is 9.69 Å². The van der Waals surface area contributed by atoms with E-state index in [1.54, 1.807) is 7.11 Å². The average molecular weight is 609 g/mol. The van der Waals surface area contributed by atoms with Gasteiger partial charge >= 0.3 is 0 Å². The van der Waals surface area contributed by atoms with Gasteiger partial charge in [0, 0.05) is 12.1 Å². The molecule has 0 fully saturated rings. The third-order valence-electron chi connectivity index (χ3n) is 5.66. The van der Waals surface area contributed by atoms with Crippen LogP contribution in [0, 0.1) is 0 Å². The first-order valence-corrected chi connectivity index (χ1v) is 13.2. The molecule has 41 heavy (non-hydrogen) atoms. The van der Waals surface area contributed by atoms with Gasteiger partial charge in [0.1, 0.15) is 24.7 Å². The van der Waals surface area contributed by atoms with Gasteiger partial charge in [-0.05, 0) is 19.9 Å². The number of anilines is 3. The molecule has 7 N–H and O–H groups in total. The van der Waals surface area contributed by atoms with Crippen molar-refractivity contribution in [3.05, 3.63) is 29.0 Å². The van der Waals surface area contributed by atoms with Gasteiger partial charge in [0.05, 0.1) is 53.2 Å². The lowest BCUT2D eigenvalue weighted by atomic mass is 10.2. The summed E-state index contributed by atoms with van der Waals surface area (Å²) in [6, 6.07) is 5.60. The van der Waals surface area contributed by atoms with E-state index in [2.05, 4.69) is 15.3 Å². The fraction of sp³-hybridized carbons (Fsp3) is 0.560. The Morgan fingerprint density at radius 2 is 1.83 bits per heavy atom. The summed E-state index contributed by atoms with van der Waals surface area (Å²) in [7, 11) is 1.56. The highest BCUT2D eigenvalue weighted by Gasteiger charge is 2.41. The van der Waals surface area contributed by atoms with Gasteiger partial charge in [0.2, 0.25) is 5.92 Å². The lowest BCUT2D eigenvalue weighted by Gasteiger charge is -2.28. The zero-order valence-corrected chi connectivity index (χ0v) is 24.0. The lowest BCUT2D eigenvalue weighted by Crippen LogP contribution is -3.12. The topological polar surface area (TPSA) is 163 Å². The van der Waals surface area contributed by atoms with Crippen molar-refractivity contribution in [2.45, 2.75) is 25.9 Å². The Labute approximate surface area is 241 Å². The van der Waals surface area contributed by atoms with Crippen LogP contribution in [0.2, 0.25) is 5.15 Å². The number of hydrogen-bond donors (Lipinski definition) is 5. The zero-order valence-electron chi connectivity index (χ0n) is 23.3. The number of rotatable bonds is 14. The quantitative estimate of drug-likeness (QED) is 0.196. The van der Waals surface area contributed by atoms with Gasteiger partial charge in [0.25, 0.3) is 5.91 Å². The molecule has 0 saturated carbocycles. The highest BCUT2D eigenvalue weighted by Crippen LogP contribution is 2.33. The number of fused-ring (bicyclic) bond motifs is 1. The van der Waals surface area contributed by atoms with E-state index in [1.165, 1.54) is 0 Å². The third kappa shape index (κ3) is 10.7. The number of alkyl halides is 3. The molecule has 1 aliphatic heterocycles. The molecule has 2 heterocycles. The van der Waals surface area contributed by atoms with Gasteiger partial charge < -0.3 is 41.0 Å². The van der Waals surface area contributed by atoms with E-state index >= 15 is 0 Å². The van der Waals surface area contributed by atoms with Crippen LogP contribution in [-0.2, 0) is 9.47 Å². The first kappa shape index (κ1) is 34.1. The maximum absolute atomic E-state index is 13.6. The summed E-state index contributed by atoms with van der Waals surface area (Å²) in [5, 5.41) is 11.5. The Bertz CT molecular complexity index is 1120. The van der Waals surface area contributed by atoms with E-state index in [0.29, 0.717) is 32.1 Å². The van der Waals surface area contributed by atoms with E-state index in [1.807, 2.05) is 23.1 Å². The Kier molecular flexibility index (Phi) is 13.6. The number of quaternary nitrogens is 1. The van der Waals surface area contributed by atoms with Crippen LogP contribution in [0.25, 0.3) is 0 Å². The van der Waals surface area contributed by atoms with E-state index in [4.69, 9.17) is 42.4 Å². The summed E-state index contributed by atoms with van der Waals surface area (Å²) in [6.07, 6.45) is -0.348. The SMILES string of the molecule is CC(C)(F)F.COc1ccc2c(c1)N(CCF)C(CNC(=O)c1nc(Cl)c(N)nc1N)[NH+]2CCOCCOCCO. The molecule has 1 amide bonds. The molecular weight excluding hydrogens is 571 g/mol. The summed E-state index contributed by atoms with van der Waals surface area (Å²) in [5.41, 5.74) is 13.0. The molecule has 0 aliphatic carbocycles. The molecule has 2 unspecified atom stereocenters. The van der Waals surface area contributed by atoms with Crippen LogP contribution in [0.3, 0.4) is 0 Å². The van der Waals surface area contributed by atoms with Gasteiger partial charge in [-0.25, -0.2) is 23.1 Å². The predicted molar refractivity (Wildman–Crippen MR) is 149 cm³/mol. The molecule has 0 saturated heterocycles. The Hall–Kier alpha value is -3.11. The number of aromatic nitrogens is 2. The first-order valence-electron chi connectivity index (χ1n) is 12.8. The largest absolute Gasteiger partial charge is 0.497 e. The molecule has 1 aromatic heterocycles. The van der Waals surface area contributed by atoms with E-state index in [0.717, 1.165) is 30.1 Å². The molecule has 2 atom stereocenters.